The summed E-state index contributed by atoms with van der Waals surface area (Å²) < 4.78 is 0. The predicted molar refractivity (Wildman–Crippen MR) is 73.9 cm³/mol. The second-order valence-corrected chi connectivity index (χ2v) is 5.47. The van der Waals surface area contributed by atoms with E-state index in [1.54, 1.807) is 5.38 Å². The Kier molecular flexibility index (Phi) is 4.36. The van der Waals surface area contributed by atoms with Crippen molar-refractivity contribution in [3.05, 3.63) is 11.1 Å². The Balaban J connectivity index is 1.92. The Morgan fingerprint density at radius 1 is 1.63 bits per heavy atom. The van der Waals surface area contributed by atoms with Crippen LogP contribution in [0.4, 0.5) is 5.13 Å². The first-order valence-electron chi connectivity index (χ1n) is 6.39. The van der Waals surface area contributed by atoms with E-state index in [-0.39, 0.29) is 17.9 Å². The third-order valence-electron chi connectivity index (χ3n) is 3.17. The number of thiazole rings is 1. The second kappa shape index (κ2) is 6.01. The van der Waals surface area contributed by atoms with Gasteiger partial charge in [-0.2, -0.15) is 0 Å². The summed E-state index contributed by atoms with van der Waals surface area (Å²) in [5.41, 5.74) is 5.85. The molecule has 6 nitrogen and oxygen atoms in total. The second-order valence-electron chi connectivity index (χ2n) is 4.58. The maximum Gasteiger partial charge on any atom is 0.271 e. The molecule has 3 N–H and O–H groups in total. The fourth-order valence-corrected chi connectivity index (χ4v) is 2.74. The summed E-state index contributed by atoms with van der Waals surface area (Å²) in [6.45, 7) is 3.21. The molecule has 0 spiro atoms. The third-order valence-corrected chi connectivity index (χ3v) is 3.84. The zero-order valence-electron chi connectivity index (χ0n) is 10.9. The summed E-state index contributed by atoms with van der Waals surface area (Å²) in [5, 5.41) is 4.94. The Morgan fingerprint density at radius 2 is 2.42 bits per heavy atom. The van der Waals surface area contributed by atoms with E-state index in [1.807, 2.05) is 11.8 Å². The highest BCUT2D eigenvalue weighted by Crippen LogP contribution is 2.14. The normalized spacial score (nSPS) is 19.2. The lowest BCUT2D eigenvalue weighted by Crippen LogP contribution is -2.49. The number of hydrogen-bond donors (Lipinski definition) is 2. The van der Waals surface area contributed by atoms with Gasteiger partial charge in [0.05, 0.1) is 0 Å². The van der Waals surface area contributed by atoms with Crippen molar-refractivity contribution in [3.8, 4) is 0 Å². The highest BCUT2D eigenvalue weighted by molar-refractivity contribution is 7.13. The molecular formula is C12H18N4O2S. The van der Waals surface area contributed by atoms with Crippen LogP contribution < -0.4 is 11.1 Å². The molecule has 1 aromatic rings. The minimum absolute atomic E-state index is 0.000301. The van der Waals surface area contributed by atoms with Gasteiger partial charge in [0.15, 0.2) is 5.13 Å². The minimum atomic E-state index is -0.219. The van der Waals surface area contributed by atoms with Crippen molar-refractivity contribution in [1.82, 2.24) is 15.2 Å². The van der Waals surface area contributed by atoms with Gasteiger partial charge in [-0.25, -0.2) is 4.98 Å². The number of aromatic nitrogens is 1. The van der Waals surface area contributed by atoms with Gasteiger partial charge < -0.3 is 16.0 Å². The largest absolute Gasteiger partial charge is 0.375 e. The Hall–Kier alpha value is -1.63. The van der Waals surface area contributed by atoms with Crippen molar-refractivity contribution in [1.29, 1.82) is 0 Å². The topological polar surface area (TPSA) is 88.3 Å². The van der Waals surface area contributed by atoms with E-state index in [4.69, 9.17) is 5.73 Å². The van der Waals surface area contributed by atoms with Crippen LogP contribution in [0.2, 0.25) is 0 Å². The number of rotatable bonds is 3. The fraction of sp³-hybridized carbons (Fsp3) is 0.583. The molecular weight excluding hydrogens is 264 g/mol. The number of anilines is 1. The van der Waals surface area contributed by atoms with E-state index in [2.05, 4.69) is 10.3 Å². The summed E-state index contributed by atoms with van der Waals surface area (Å²) in [4.78, 5) is 29.4. The van der Waals surface area contributed by atoms with Crippen LogP contribution in [0.25, 0.3) is 0 Å². The summed E-state index contributed by atoms with van der Waals surface area (Å²) in [7, 11) is 0. The summed E-state index contributed by atoms with van der Waals surface area (Å²) in [5.74, 6) is -0.0828. The quantitative estimate of drug-likeness (QED) is 0.860. The maximum absolute atomic E-state index is 11.9. The van der Waals surface area contributed by atoms with Gasteiger partial charge in [-0.1, -0.05) is 6.92 Å². The molecule has 0 saturated carbocycles. The SMILES string of the molecule is CCC(=O)N1CCCC(NC(=O)c2csc(N)n2)C1. The molecule has 7 heteroatoms. The third kappa shape index (κ3) is 3.44. The first-order chi connectivity index (χ1) is 9.10. The van der Waals surface area contributed by atoms with Gasteiger partial charge in [0, 0.05) is 30.9 Å². The number of nitrogens with zero attached hydrogens (tertiary/aromatic N) is 2. The van der Waals surface area contributed by atoms with Crippen molar-refractivity contribution in [2.24, 2.45) is 0 Å². The molecule has 19 heavy (non-hydrogen) atoms. The van der Waals surface area contributed by atoms with Gasteiger partial charge in [-0.05, 0) is 12.8 Å². The zero-order chi connectivity index (χ0) is 13.8. The number of amides is 2. The van der Waals surface area contributed by atoms with E-state index in [1.165, 1.54) is 11.3 Å². The van der Waals surface area contributed by atoms with E-state index < -0.39 is 0 Å². The number of carbonyl (C=O) groups excluding carboxylic acids is 2. The average Bonchev–Trinajstić information content (AvgIpc) is 2.85. The zero-order valence-corrected chi connectivity index (χ0v) is 11.7. The summed E-state index contributed by atoms with van der Waals surface area (Å²) >= 11 is 1.25. The van der Waals surface area contributed by atoms with Crippen LogP contribution in [0.3, 0.4) is 0 Å². The molecule has 1 fully saturated rings. The molecule has 0 bridgehead atoms. The minimum Gasteiger partial charge on any atom is -0.375 e. The molecule has 104 valence electrons. The summed E-state index contributed by atoms with van der Waals surface area (Å²) in [6, 6.07) is -0.000301. The van der Waals surface area contributed by atoms with Gasteiger partial charge in [-0.3, -0.25) is 9.59 Å². The van der Waals surface area contributed by atoms with Gasteiger partial charge >= 0.3 is 0 Å². The monoisotopic (exact) mass is 282 g/mol. The molecule has 2 amide bonds. The predicted octanol–water partition coefficient (Wildman–Crippen LogP) is 0.856. The van der Waals surface area contributed by atoms with Gasteiger partial charge in [0.2, 0.25) is 5.91 Å². The lowest BCUT2D eigenvalue weighted by atomic mass is 10.1. The molecule has 1 aliphatic heterocycles. The van der Waals surface area contributed by atoms with Crippen LogP contribution in [0.15, 0.2) is 5.38 Å². The molecule has 1 aliphatic rings. The number of carbonyl (C=O) groups is 2. The lowest BCUT2D eigenvalue weighted by Gasteiger charge is -2.32. The molecule has 2 rings (SSSR count). The van der Waals surface area contributed by atoms with Crippen molar-refractivity contribution in [2.75, 3.05) is 18.8 Å². The molecule has 1 atom stereocenters. The molecule has 1 unspecified atom stereocenters. The first kappa shape index (κ1) is 13.8. The van der Waals surface area contributed by atoms with Crippen molar-refractivity contribution in [2.45, 2.75) is 32.2 Å². The number of nitrogens with two attached hydrogens (primary N) is 1. The number of hydrogen-bond acceptors (Lipinski definition) is 5. The number of likely N-dealkylation sites (tertiary alicyclic amines) is 1. The smallest absolute Gasteiger partial charge is 0.271 e. The number of piperidine rings is 1. The molecule has 0 aliphatic carbocycles. The van der Waals surface area contributed by atoms with Crippen LogP contribution in [0, 0.1) is 0 Å². The molecule has 2 heterocycles. The number of nitrogen functional groups attached to an aromatic ring is 1. The Labute approximate surface area is 116 Å². The van der Waals surface area contributed by atoms with Crippen LogP contribution in [0.1, 0.15) is 36.7 Å². The van der Waals surface area contributed by atoms with Gasteiger partial charge in [0.25, 0.3) is 5.91 Å². The van der Waals surface area contributed by atoms with Crippen LogP contribution in [-0.4, -0.2) is 40.8 Å². The highest BCUT2D eigenvalue weighted by atomic mass is 32.1. The number of nitrogens with one attached hydrogen (secondary N) is 1. The van der Waals surface area contributed by atoms with E-state index in [0.717, 1.165) is 19.4 Å². The first-order valence-corrected chi connectivity index (χ1v) is 7.27. The van der Waals surface area contributed by atoms with E-state index >= 15 is 0 Å². The standard InChI is InChI=1S/C12H18N4O2S/c1-2-10(17)16-5-3-4-8(6-16)14-11(18)9-7-19-12(13)15-9/h7-8H,2-6H2,1H3,(H2,13,15)(H,14,18). The van der Waals surface area contributed by atoms with Crippen molar-refractivity contribution >= 4 is 28.3 Å². The van der Waals surface area contributed by atoms with Crippen LogP contribution >= 0.6 is 11.3 Å². The Bertz CT molecular complexity index is 474. The molecule has 0 aromatic carbocycles. The molecule has 1 saturated heterocycles. The van der Waals surface area contributed by atoms with Crippen LogP contribution in [-0.2, 0) is 4.79 Å². The molecule has 1 aromatic heterocycles. The van der Waals surface area contributed by atoms with E-state index in [9.17, 15) is 9.59 Å². The average molecular weight is 282 g/mol. The Morgan fingerprint density at radius 3 is 3.05 bits per heavy atom. The van der Waals surface area contributed by atoms with Crippen molar-refractivity contribution < 1.29 is 9.59 Å². The molecule has 0 radical (unpaired) electrons. The lowest BCUT2D eigenvalue weighted by molar-refractivity contribution is -0.132. The van der Waals surface area contributed by atoms with Crippen molar-refractivity contribution in [3.63, 3.8) is 0 Å². The fourth-order valence-electron chi connectivity index (χ4n) is 2.20. The van der Waals surface area contributed by atoms with Crippen LogP contribution in [0.5, 0.6) is 0 Å². The van der Waals surface area contributed by atoms with E-state index in [0.29, 0.717) is 23.8 Å². The summed E-state index contributed by atoms with van der Waals surface area (Å²) in [6.07, 6.45) is 2.30. The van der Waals surface area contributed by atoms with Gasteiger partial charge in [-0.15, -0.1) is 11.3 Å². The highest BCUT2D eigenvalue weighted by Gasteiger charge is 2.24. The van der Waals surface area contributed by atoms with Gasteiger partial charge in [0.1, 0.15) is 5.69 Å². The maximum atomic E-state index is 11.9.